The number of para-hydroxylation sites is 1. The van der Waals surface area contributed by atoms with Crippen LogP contribution in [0.2, 0.25) is 0 Å². The maximum atomic E-state index is 6.09. The van der Waals surface area contributed by atoms with Gasteiger partial charge in [0.25, 0.3) is 5.88 Å². The Balaban J connectivity index is 1.70. The second-order valence-corrected chi connectivity index (χ2v) is 7.34. The average molecular weight is 375 g/mol. The molecule has 2 heterocycles. The van der Waals surface area contributed by atoms with Gasteiger partial charge in [-0.05, 0) is 45.0 Å². The topological polar surface area (TPSA) is 88.1 Å². The van der Waals surface area contributed by atoms with Crippen LogP contribution >= 0.6 is 0 Å². The molecule has 7 nitrogen and oxygen atoms in total. The molecule has 0 saturated heterocycles. The van der Waals surface area contributed by atoms with Crippen LogP contribution in [0.4, 0.5) is 5.82 Å². The molecule has 0 radical (unpaired) electrons. The molecule has 0 saturated carbocycles. The fourth-order valence-electron chi connectivity index (χ4n) is 2.82. The minimum absolute atomic E-state index is 0.293. The summed E-state index contributed by atoms with van der Waals surface area (Å²) in [6.45, 7) is 6.11. The van der Waals surface area contributed by atoms with E-state index >= 15 is 0 Å². The molecule has 2 aromatic carbocycles. The second-order valence-electron chi connectivity index (χ2n) is 7.34. The molecule has 0 bridgehead atoms. The zero-order valence-electron chi connectivity index (χ0n) is 16.0. The van der Waals surface area contributed by atoms with E-state index in [1.165, 1.54) is 6.33 Å². The van der Waals surface area contributed by atoms with Crippen molar-refractivity contribution < 1.29 is 9.47 Å². The van der Waals surface area contributed by atoms with Crippen molar-refractivity contribution in [1.82, 2.24) is 19.7 Å². The van der Waals surface area contributed by atoms with Gasteiger partial charge in [-0.1, -0.05) is 24.3 Å². The van der Waals surface area contributed by atoms with Crippen LogP contribution in [-0.4, -0.2) is 19.7 Å². The van der Waals surface area contributed by atoms with Gasteiger partial charge < -0.3 is 15.2 Å². The molecule has 0 aliphatic carbocycles. The molecule has 28 heavy (non-hydrogen) atoms. The number of hydrogen-bond donors (Lipinski definition) is 1. The first-order chi connectivity index (χ1) is 13.4. The molecule has 4 aromatic rings. The molecule has 2 N–H and O–H groups in total. The fourth-order valence-corrected chi connectivity index (χ4v) is 2.82. The van der Waals surface area contributed by atoms with Crippen molar-refractivity contribution in [3.05, 3.63) is 60.9 Å². The number of nitrogens with zero attached hydrogens (tertiary/aromatic N) is 4. The number of rotatable bonds is 4. The summed E-state index contributed by atoms with van der Waals surface area (Å²) in [5, 5.41) is 5.19. The van der Waals surface area contributed by atoms with Gasteiger partial charge in [-0.3, -0.25) is 0 Å². The number of anilines is 1. The highest BCUT2D eigenvalue weighted by Crippen LogP contribution is 2.35. The number of benzene rings is 2. The van der Waals surface area contributed by atoms with E-state index in [2.05, 4.69) is 15.1 Å². The van der Waals surface area contributed by atoms with Crippen molar-refractivity contribution in [2.75, 3.05) is 5.73 Å². The van der Waals surface area contributed by atoms with Gasteiger partial charge in [0.1, 0.15) is 34.8 Å². The Kier molecular flexibility index (Phi) is 4.35. The first-order valence-electron chi connectivity index (χ1n) is 8.92. The average Bonchev–Trinajstić information content (AvgIpc) is 3.03. The van der Waals surface area contributed by atoms with Crippen LogP contribution in [0.1, 0.15) is 20.8 Å². The maximum absolute atomic E-state index is 6.09. The molecule has 4 rings (SSSR count). The third-order valence-electron chi connectivity index (χ3n) is 4.10. The standard InChI is InChI=1S/C21H21N5O2/c1-21(2,3)26-19-17(18(22)23-13-24-19)20(25-26)28-16-11-7-10-15(12-16)27-14-8-5-4-6-9-14/h4-13H,1-3H3,(H2,22,23,24). The van der Waals surface area contributed by atoms with E-state index in [-0.39, 0.29) is 5.54 Å². The lowest BCUT2D eigenvalue weighted by Crippen LogP contribution is -2.23. The van der Waals surface area contributed by atoms with Gasteiger partial charge >= 0.3 is 0 Å². The summed E-state index contributed by atoms with van der Waals surface area (Å²) in [7, 11) is 0. The van der Waals surface area contributed by atoms with Crippen molar-refractivity contribution in [2.45, 2.75) is 26.3 Å². The molecular weight excluding hydrogens is 354 g/mol. The second kappa shape index (κ2) is 6.84. The van der Waals surface area contributed by atoms with E-state index in [4.69, 9.17) is 15.2 Å². The molecule has 0 aliphatic heterocycles. The van der Waals surface area contributed by atoms with E-state index in [0.29, 0.717) is 34.2 Å². The van der Waals surface area contributed by atoms with Crippen molar-refractivity contribution in [1.29, 1.82) is 0 Å². The lowest BCUT2D eigenvalue weighted by molar-refractivity contribution is 0.349. The van der Waals surface area contributed by atoms with Crippen molar-refractivity contribution in [3.8, 4) is 23.1 Å². The summed E-state index contributed by atoms with van der Waals surface area (Å²) in [5.74, 6) is 2.68. The Morgan fingerprint density at radius 2 is 1.54 bits per heavy atom. The van der Waals surface area contributed by atoms with E-state index in [9.17, 15) is 0 Å². The van der Waals surface area contributed by atoms with Crippen molar-refractivity contribution in [2.24, 2.45) is 0 Å². The molecule has 0 aliphatic rings. The SMILES string of the molecule is CC(C)(C)n1nc(Oc2cccc(Oc3ccccc3)c2)c2c(N)ncnc21. The number of hydrogen-bond acceptors (Lipinski definition) is 6. The molecule has 0 fully saturated rings. The van der Waals surface area contributed by atoms with Crippen LogP contribution in [0.3, 0.4) is 0 Å². The molecule has 0 amide bonds. The Hall–Kier alpha value is -3.61. The minimum Gasteiger partial charge on any atom is -0.457 e. The summed E-state index contributed by atoms with van der Waals surface area (Å²) in [4.78, 5) is 8.44. The molecule has 7 heteroatoms. The molecular formula is C21H21N5O2. The van der Waals surface area contributed by atoms with Crippen LogP contribution in [-0.2, 0) is 5.54 Å². The van der Waals surface area contributed by atoms with Gasteiger partial charge in [0.15, 0.2) is 5.65 Å². The Morgan fingerprint density at radius 3 is 2.25 bits per heavy atom. The van der Waals surface area contributed by atoms with E-state index in [1.807, 2.05) is 69.3 Å². The summed E-state index contributed by atoms with van der Waals surface area (Å²) >= 11 is 0. The number of fused-ring (bicyclic) bond motifs is 1. The van der Waals surface area contributed by atoms with E-state index in [0.717, 1.165) is 5.75 Å². The highest BCUT2D eigenvalue weighted by molar-refractivity contribution is 5.91. The molecule has 0 unspecified atom stereocenters. The Morgan fingerprint density at radius 1 is 0.857 bits per heavy atom. The highest BCUT2D eigenvalue weighted by atomic mass is 16.5. The summed E-state index contributed by atoms with van der Waals surface area (Å²) in [6.07, 6.45) is 1.43. The van der Waals surface area contributed by atoms with Crippen LogP contribution in [0.5, 0.6) is 23.1 Å². The maximum Gasteiger partial charge on any atom is 0.251 e. The fraction of sp³-hybridized carbons (Fsp3) is 0.190. The largest absolute Gasteiger partial charge is 0.457 e. The third-order valence-corrected chi connectivity index (χ3v) is 4.10. The molecule has 0 atom stereocenters. The lowest BCUT2D eigenvalue weighted by atomic mass is 10.1. The normalized spacial score (nSPS) is 11.5. The number of aromatic nitrogens is 4. The van der Waals surface area contributed by atoms with Crippen molar-refractivity contribution in [3.63, 3.8) is 0 Å². The van der Waals surface area contributed by atoms with Gasteiger partial charge in [0, 0.05) is 6.07 Å². The number of ether oxygens (including phenoxy) is 2. The van der Waals surface area contributed by atoms with E-state index < -0.39 is 0 Å². The lowest BCUT2D eigenvalue weighted by Gasteiger charge is -2.19. The summed E-state index contributed by atoms with van der Waals surface area (Å²) in [5.41, 5.74) is 6.43. The van der Waals surface area contributed by atoms with Crippen LogP contribution in [0, 0.1) is 0 Å². The summed E-state index contributed by atoms with van der Waals surface area (Å²) in [6, 6.07) is 16.9. The third kappa shape index (κ3) is 3.46. The summed E-state index contributed by atoms with van der Waals surface area (Å²) < 4.78 is 13.7. The zero-order chi connectivity index (χ0) is 19.7. The smallest absolute Gasteiger partial charge is 0.251 e. The molecule has 0 spiro atoms. The van der Waals surface area contributed by atoms with Gasteiger partial charge in [-0.2, -0.15) is 0 Å². The van der Waals surface area contributed by atoms with Gasteiger partial charge in [-0.25, -0.2) is 14.6 Å². The van der Waals surface area contributed by atoms with Gasteiger partial charge in [0.05, 0.1) is 5.54 Å². The molecule has 142 valence electrons. The predicted molar refractivity (Wildman–Crippen MR) is 108 cm³/mol. The van der Waals surface area contributed by atoms with Crippen molar-refractivity contribution >= 4 is 16.9 Å². The Labute approximate surface area is 162 Å². The first-order valence-corrected chi connectivity index (χ1v) is 8.92. The minimum atomic E-state index is -0.293. The van der Waals surface area contributed by atoms with Crippen LogP contribution in [0.25, 0.3) is 11.0 Å². The zero-order valence-corrected chi connectivity index (χ0v) is 16.0. The Bertz CT molecular complexity index is 1120. The van der Waals surface area contributed by atoms with Crippen LogP contribution < -0.4 is 15.2 Å². The highest BCUT2D eigenvalue weighted by Gasteiger charge is 2.24. The van der Waals surface area contributed by atoms with Gasteiger partial charge in [0.2, 0.25) is 0 Å². The monoisotopic (exact) mass is 375 g/mol. The van der Waals surface area contributed by atoms with Crippen LogP contribution in [0.15, 0.2) is 60.9 Å². The number of nitrogen functional groups attached to an aromatic ring is 1. The quantitative estimate of drug-likeness (QED) is 0.554. The van der Waals surface area contributed by atoms with E-state index in [1.54, 1.807) is 10.7 Å². The first kappa shape index (κ1) is 17.8. The predicted octanol–water partition coefficient (Wildman–Crippen LogP) is 4.75. The molecule has 2 aromatic heterocycles. The van der Waals surface area contributed by atoms with Gasteiger partial charge in [-0.15, -0.1) is 5.10 Å². The number of nitrogens with two attached hydrogens (primary N) is 1.